The molecule has 1 aliphatic heterocycles. The number of aryl methyl sites for hydroxylation is 1. The number of nitrogens with zero attached hydrogens (tertiary/aromatic N) is 2. The normalized spacial score (nSPS) is 17.7. The number of aromatic nitrogens is 1. The van der Waals surface area contributed by atoms with Crippen LogP contribution in [-0.2, 0) is 6.42 Å². The molecule has 0 amide bonds. The lowest BCUT2D eigenvalue weighted by molar-refractivity contribution is 0.587. The van der Waals surface area contributed by atoms with Crippen molar-refractivity contribution >= 4 is 30.1 Å². The Labute approximate surface area is 173 Å². The fourth-order valence-electron chi connectivity index (χ4n) is 3.97. The number of hydrogen-bond donors (Lipinski definition) is 1. The minimum atomic E-state index is 0.520. The molecule has 1 fully saturated rings. The van der Waals surface area contributed by atoms with Crippen LogP contribution in [0.3, 0.4) is 0 Å². The Kier molecular flexibility index (Phi) is 6.79. The van der Waals surface area contributed by atoms with Crippen LogP contribution < -0.4 is 21.2 Å². The second kappa shape index (κ2) is 9.11. The van der Waals surface area contributed by atoms with Gasteiger partial charge in [-0.15, -0.1) is 0 Å². The third-order valence-electron chi connectivity index (χ3n) is 5.70. The van der Waals surface area contributed by atoms with Crippen molar-refractivity contribution in [2.75, 3.05) is 24.5 Å². The summed E-state index contributed by atoms with van der Waals surface area (Å²) >= 11 is 6.76. The van der Waals surface area contributed by atoms with E-state index in [1.165, 1.54) is 5.56 Å². The molecule has 1 saturated heterocycles. The van der Waals surface area contributed by atoms with Gasteiger partial charge in [-0.1, -0.05) is 50.2 Å². The van der Waals surface area contributed by atoms with Gasteiger partial charge < -0.3 is 10.6 Å². The van der Waals surface area contributed by atoms with Gasteiger partial charge in [0.15, 0.2) is 0 Å². The fourth-order valence-corrected chi connectivity index (χ4v) is 4.27. The van der Waals surface area contributed by atoms with Crippen molar-refractivity contribution in [3.05, 3.63) is 45.4 Å². The monoisotopic (exact) mass is 397 g/mol. The van der Waals surface area contributed by atoms with E-state index in [1.54, 1.807) is 0 Å². The molecule has 0 aliphatic carbocycles. The lowest BCUT2D eigenvalue weighted by Gasteiger charge is -2.23. The molecule has 2 heterocycles. The molecule has 3 nitrogen and oxygen atoms in total. The van der Waals surface area contributed by atoms with E-state index < -0.39 is 0 Å². The molecule has 4 heteroatoms. The Morgan fingerprint density at radius 1 is 1.39 bits per heavy atom. The average Bonchev–Trinajstić information content (AvgIpc) is 3.15. The maximum Gasteiger partial charge on any atom is 0.137 e. The first-order valence-electron chi connectivity index (χ1n) is 10.3. The number of rotatable bonds is 6. The van der Waals surface area contributed by atoms with Crippen LogP contribution in [0.25, 0.3) is 23.8 Å². The molecule has 0 saturated carbocycles. The van der Waals surface area contributed by atoms with E-state index in [9.17, 15) is 0 Å². The van der Waals surface area contributed by atoms with E-state index in [2.05, 4.69) is 49.6 Å². The quantitative estimate of drug-likeness (QED) is 0.801. The van der Waals surface area contributed by atoms with Gasteiger partial charge in [0.25, 0.3) is 0 Å². The van der Waals surface area contributed by atoms with Gasteiger partial charge in [-0.3, -0.25) is 0 Å². The van der Waals surface area contributed by atoms with Crippen LogP contribution in [0, 0.1) is 11.8 Å². The minimum absolute atomic E-state index is 0.520. The van der Waals surface area contributed by atoms with E-state index in [0.717, 1.165) is 71.4 Å². The highest BCUT2D eigenvalue weighted by atomic mass is 35.5. The zero-order chi connectivity index (χ0) is 20.3. The Balaban J connectivity index is 2.17. The summed E-state index contributed by atoms with van der Waals surface area (Å²) in [5.41, 5.74) is 9.45. The van der Waals surface area contributed by atoms with Crippen LogP contribution >= 0.6 is 11.6 Å². The first-order chi connectivity index (χ1) is 13.4. The van der Waals surface area contributed by atoms with Crippen molar-refractivity contribution in [3.8, 4) is 11.1 Å². The highest BCUT2D eigenvalue weighted by Crippen LogP contribution is 2.37. The van der Waals surface area contributed by atoms with Crippen molar-refractivity contribution in [2.45, 2.75) is 40.0 Å². The average molecular weight is 398 g/mol. The van der Waals surface area contributed by atoms with Crippen LogP contribution in [0.4, 0.5) is 5.82 Å². The van der Waals surface area contributed by atoms with Gasteiger partial charge >= 0.3 is 0 Å². The Hall–Kier alpha value is -1.84. The predicted molar refractivity (Wildman–Crippen MR) is 122 cm³/mol. The predicted octanol–water partition coefficient (Wildman–Crippen LogP) is 3.99. The number of hydrogen-bond acceptors (Lipinski definition) is 3. The van der Waals surface area contributed by atoms with E-state index in [-0.39, 0.29) is 0 Å². The molecular formula is C24H32ClN3. The summed E-state index contributed by atoms with van der Waals surface area (Å²) in [6.45, 7) is 13.4. The SMILES string of the molecule is C=c1nc(N2CCC(CN)C2)c(-c2c(Cl)cccc2CCC(C)C)c/c1=C/C. The first-order valence-corrected chi connectivity index (χ1v) is 10.7. The molecule has 150 valence electrons. The molecule has 0 radical (unpaired) electrons. The van der Waals surface area contributed by atoms with Crippen molar-refractivity contribution in [3.63, 3.8) is 0 Å². The van der Waals surface area contributed by atoms with E-state index in [0.29, 0.717) is 11.8 Å². The molecule has 3 rings (SSSR count). The van der Waals surface area contributed by atoms with Gasteiger partial charge in [0.2, 0.25) is 0 Å². The van der Waals surface area contributed by atoms with Gasteiger partial charge in [-0.25, -0.2) is 4.98 Å². The van der Waals surface area contributed by atoms with Crippen molar-refractivity contribution in [2.24, 2.45) is 17.6 Å². The molecule has 1 atom stereocenters. The molecule has 28 heavy (non-hydrogen) atoms. The highest BCUT2D eigenvalue weighted by Gasteiger charge is 2.26. The fraction of sp³-hybridized carbons (Fsp3) is 0.458. The molecule has 2 aromatic rings. The first kappa shape index (κ1) is 20.9. The van der Waals surface area contributed by atoms with E-state index >= 15 is 0 Å². The summed E-state index contributed by atoms with van der Waals surface area (Å²) in [6, 6.07) is 8.45. The Bertz CT molecular complexity index is 936. The summed E-state index contributed by atoms with van der Waals surface area (Å²) in [4.78, 5) is 7.29. The summed E-state index contributed by atoms with van der Waals surface area (Å²) in [5.74, 6) is 2.16. The third-order valence-corrected chi connectivity index (χ3v) is 6.02. The number of pyridine rings is 1. The van der Waals surface area contributed by atoms with Crippen molar-refractivity contribution < 1.29 is 0 Å². The van der Waals surface area contributed by atoms with Crippen LogP contribution in [-0.4, -0.2) is 24.6 Å². The molecule has 1 aromatic heterocycles. The molecule has 1 aromatic carbocycles. The van der Waals surface area contributed by atoms with Gasteiger partial charge in [0, 0.05) is 29.2 Å². The van der Waals surface area contributed by atoms with Gasteiger partial charge in [-0.05, 0) is 67.5 Å². The Morgan fingerprint density at radius 2 is 2.18 bits per heavy atom. The summed E-state index contributed by atoms with van der Waals surface area (Å²) in [7, 11) is 0. The van der Waals surface area contributed by atoms with Crippen LogP contribution in [0.1, 0.15) is 39.2 Å². The molecular weight excluding hydrogens is 366 g/mol. The van der Waals surface area contributed by atoms with E-state index in [4.69, 9.17) is 22.3 Å². The second-order valence-corrected chi connectivity index (χ2v) is 8.63. The van der Waals surface area contributed by atoms with Crippen molar-refractivity contribution in [1.29, 1.82) is 0 Å². The lowest BCUT2D eigenvalue weighted by Crippen LogP contribution is -2.32. The zero-order valence-corrected chi connectivity index (χ0v) is 18.1. The van der Waals surface area contributed by atoms with Crippen LogP contribution in [0.5, 0.6) is 0 Å². The molecule has 2 N–H and O–H groups in total. The number of anilines is 1. The summed E-state index contributed by atoms with van der Waals surface area (Å²) < 4.78 is 0. The minimum Gasteiger partial charge on any atom is -0.356 e. The van der Waals surface area contributed by atoms with Gasteiger partial charge in [0.1, 0.15) is 5.82 Å². The molecule has 1 unspecified atom stereocenters. The lowest BCUT2D eigenvalue weighted by atomic mass is 9.94. The van der Waals surface area contributed by atoms with Gasteiger partial charge in [-0.2, -0.15) is 0 Å². The highest BCUT2D eigenvalue weighted by molar-refractivity contribution is 6.33. The largest absolute Gasteiger partial charge is 0.356 e. The maximum atomic E-state index is 6.76. The van der Waals surface area contributed by atoms with Crippen LogP contribution in [0.2, 0.25) is 5.02 Å². The van der Waals surface area contributed by atoms with Gasteiger partial charge in [0.05, 0.1) is 5.35 Å². The Morgan fingerprint density at radius 3 is 2.82 bits per heavy atom. The van der Waals surface area contributed by atoms with Crippen molar-refractivity contribution in [1.82, 2.24) is 4.98 Å². The van der Waals surface area contributed by atoms with Crippen LogP contribution in [0.15, 0.2) is 24.3 Å². The standard InChI is InChI=1S/C24H32ClN3/c1-5-19-13-21(23-20(10-9-16(2)3)7-6-8-22(23)25)24(27-17(19)4)28-12-11-18(14-26)15-28/h5-8,13,16,18H,4,9-12,14-15,26H2,1-3H3/b19-5-. The van der Waals surface area contributed by atoms with E-state index in [1.807, 2.05) is 13.0 Å². The number of nitrogens with two attached hydrogens (primary N) is 1. The second-order valence-electron chi connectivity index (χ2n) is 8.23. The smallest absolute Gasteiger partial charge is 0.137 e. The number of halogens is 1. The zero-order valence-electron chi connectivity index (χ0n) is 17.3. The maximum absolute atomic E-state index is 6.76. The topological polar surface area (TPSA) is 42.2 Å². The third kappa shape index (κ3) is 4.42. The molecule has 1 aliphatic rings. The summed E-state index contributed by atoms with van der Waals surface area (Å²) in [6.07, 6.45) is 5.32. The number of benzene rings is 1. The summed E-state index contributed by atoms with van der Waals surface area (Å²) in [5, 5.41) is 2.66. The molecule has 0 bridgehead atoms. The molecule has 0 spiro atoms.